The van der Waals surface area contributed by atoms with E-state index >= 15 is 0 Å². The number of allylic oxidation sites excluding steroid dienone is 1. The van der Waals surface area contributed by atoms with Crippen molar-refractivity contribution in [2.45, 2.75) is 59.5 Å². The molecule has 3 heteroatoms. The SMILES string of the molecule is CCCC1(C)OCC(C=N/C(Cl)=C(\C)CC)=C1C. The summed E-state index contributed by atoms with van der Waals surface area (Å²) in [7, 11) is 0. The molecular formula is C15H24ClNO. The monoisotopic (exact) mass is 269 g/mol. The maximum absolute atomic E-state index is 6.11. The second-order valence-corrected chi connectivity index (χ2v) is 5.46. The minimum absolute atomic E-state index is 0.119. The van der Waals surface area contributed by atoms with E-state index in [1.807, 2.05) is 13.1 Å². The van der Waals surface area contributed by atoms with Gasteiger partial charge in [0.05, 0.1) is 12.2 Å². The number of aliphatic imine (C=N–C) groups is 1. The van der Waals surface area contributed by atoms with Gasteiger partial charge in [-0.1, -0.05) is 31.9 Å². The van der Waals surface area contributed by atoms with Crippen LogP contribution in [0.15, 0.2) is 26.9 Å². The number of hydrogen-bond acceptors (Lipinski definition) is 2. The Morgan fingerprint density at radius 1 is 1.50 bits per heavy atom. The fraction of sp³-hybridized carbons (Fsp3) is 0.667. The van der Waals surface area contributed by atoms with Gasteiger partial charge in [-0.05, 0) is 50.3 Å². The summed E-state index contributed by atoms with van der Waals surface area (Å²) in [6, 6.07) is 0. The molecule has 0 radical (unpaired) electrons. The van der Waals surface area contributed by atoms with Crippen molar-refractivity contribution in [3.05, 3.63) is 21.9 Å². The summed E-state index contributed by atoms with van der Waals surface area (Å²) >= 11 is 6.11. The van der Waals surface area contributed by atoms with Crippen LogP contribution in [0.1, 0.15) is 53.9 Å². The summed E-state index contributed by atoms with van der Waals surface area (Å²) in [5.74, 6) is 0. The van der Waals surface area contributed by atoms with Gasteiger partial charge < -0.3 is 4.74 Å². The van der Waals surface area contributed by atoms with E-state index in [9.17, 15) is 0 Å². The molecule has 1 aliphatic rings. The Labute approximate surface area is 116 Å². The zero-order valence-corrected chi connectivity index (χ0v) is 12.9. The van der Waals surface area contributed by atoms with Crippen LogP contribution in [0.4, 0.5) is 0 Å². The summed E-state index contributed by atoms with van der Waals surface area (Å²) in [6.45, 7) is 11.2. The highest BCUT2D eigenvalue weighted by molar-refractivity contribution is 6.30. The Hall–Kier alpha value is -0.600. The molecule has 0 aromatic carbocycles. The number of nitrogens with zero attached hydrogens (tertiary/aromatic N) is 1. The van der Waals surface area contributed by atoms with E-state index in [-0.39, 0.29) is 5.60 Å². The van der Waals surface area contributed by atoms with Gasteiger partial charge in [0.15, 0.2) is 0 Å². The average Bonchev–Trinajstić information content (AvgIpc) is 2.63. The Kier molecular flexibility index (Phi) is 5.61. The fourth-order valence-electron chi connectivity index (χ4n) is 2.05. The molecule has 0 amide bonds. The predicted octanol–water partition coefficient (Wildman–Crippen LogP) is 4.84. The molecule has 1 atom stereocenters. The lowest BCUT2D eigenvalue weighted by Crippen LogP contribution is -2.25. The predicted molar refractivity (Wildman–Crippen MR) is 79.3 cm³/mol. The molecule has 1 aliphatic heterocycles. The third-order valence-corrected chi connectivity index (χ3v) is 4.18. The average molecular weight is 270 g/mol. The minimum Gasteiger partial charge on any atom is -0.366 e. The van der Waals surface area contributed by atoms with Crippen LogP contribution in [0.3, 0.4) is 0 Å². The Bertz CT molecular complexity index is 395. The molecule has 0 saturated heterocycles. The largest absolute Gasteiger partial charge is 0.366 e. The molecule has 0 spiro atoms. The first-order valence-corrected chi connectivity index (χ1v) is 7.06. The van der Waals surface area contributed by atoms with Gasteiger partial charge in [0.1, 0.15) is 5.16 Å². The molecular weight excluding hydrogens is 246 g/mol. The molecule has 1 rings (SSSR count). The van der Waals surface area contributed by atoms with Crippen molar-refractivity contribution < 1.29 is 4.74 Å². The highest BCUT2D eigenvalue weighted by Gasteiger charge is 2.33. The molecule has 0 aromatic heterocycles. The highest BCUT2D eigenvalue weighted by atomic mass is 35.5. The topological polar surface area (TPSA) is 21.6 Å². The zero-order valence-electron chi connectivity index (χ0n) is 12.1. The maximum atomic E-state index is 6.11. The molecule has 0 saturated carbocycles. The second-order valence-electron chi connectivity index (χ2n) is 5.10. The third kappa shape index (κ3) is 3.46. The Morgan fingerprint density at radius 3 is 2.72 bits per heavy atom. The van der Waals surface area contributed by atoms with Gasteiger partial charge in [-0.15, -0.1) is 0 Å². The van der Waals surface area contributed by atoms with Crippen molar-refractivity contribution >= 4 is 17.8 Å². The second kappa shape index (κ2) is 6.53. The van der Waals surface area contributed by atoms with Crippen LogP contribution in [-0.2, 0) is 4.74 Å². The smallest absolute Gasteiger partial charge is 0.127 e. The first-order chi connectivity index (χ1) is 8.44. The quantitative estimate of drug-likeness (QED) is 0.517. The van der Waals surface area contributed by atoms with Crippen LogP contribution in [0, 0.1) is 0 Å². The molecule has 0 aliphatic carbocycles. The molecule has 0 fully saturated rings. The highest BCUT2D eigenvalue weighted by Crippen LogP contribution is 2.34. The molecule has 0 N–H and O–H groups in total. The molecule has 1 heterocycles. The van der Waals surface area contributed by atoms with Gasteiger partial charge in [0, 0.05) is 6.21 Å². The van der Waals surface area contributed by atoms with Gasteiger partial charge in [-0.25, -0.2) is 4.99 Å². The van der Waals surface area contributed by atoms with Gasteiger partial charge >= 0.3 is 0 Å². The molecule has 102 valence electrons. The van der Waals surface area contributed by atoms with E-state index in [1.54, 1.807) is 0 Å². The maximum Gasteiger partial charge on any atom is 0.127 e. The van der Waals surface area contributed by atoms with Gasteiger partial charge in [0.2, 0.25) is 0 Å². The third-order valence-electron chi connectivity index (χ3n) is 3.76. The Morgan fingerprint density at radius 2 is 2.17 bits per heavy atom. The Balaban J connectivity index is 2.86. The van der Waals surface area contributed by atoms with Crippen molar-refractivity contribution in [3.63, 3.8) is 0 Å². The minimum atomic E-state index is -0.119. The van der Waals surface area contributed by atoms with E-state index < -0.39 is 0 Å². The molecule has 2 nitrogen and oxygen atoms in total. The molecule has 18 heavy (non-hydrogen) atoms. The first kappa shape index (κ1) is 15.5. The van der Waals surface area contributed by atoms with Crippen LogP contribution in [0.2, 0.25) is 0 Å². The first-order valence-electron chi connectivity index (χ1n) is 6.68. The van der Waals surface area contributed by atoms with Crippen LogP contribution in [-0.4, -0.2) is 18.4 Å². The number of hydrogen-bond donors (Lipinski definition) is 0. The normalized spacial score (nSPS) is 26.1. The summed E-state index contributed by atoms with van der Waals surface area (Å²) in [6.07, 6.45) is 4.96. The summed E-state index contributed by atoms with van der Waals surface area (Å²) in [5.41, 5.74) is 3.44. The van der Waals surface area contributed by atoms with Gasteiger partial charge in [0.25, 0.3) is 0 Å². The summed E-state index contributed by atoms with van der Waals surface area (Å²) in [4.78, 5) is 4.34. The number of ether oxygens (including phenoxy) is 1. The van der Waals surface area contributed by atoms with Crippen molar-refractivity contribution in [3.8, 4) is 0 Å². The molecule has 1 unspecified atom stereocenters. The van der Waals surface area contributed by atoms with E-state index in [2.05, 4.69) is 32.7 Å². The van der Waals surface area contributed by atoms with E-state index in [1.165, 1.54) is 5.57 Å². The lowest BCUT2D eigenvalue weighted by Gasteiger charge is -2.24. The molecule has 0 bridgehead atoms. The molecule has 0 aromatic rings. The van der Waals surface area contributed by atoms with E-state index in [0.29, 0.717) is 11.8 Å². The van der Waals surface area contributed by atoms with Crippen LogP contribution in [0.25, 0.3) is 0 Å². The van der Waals surface area contributed by atoms with Crippen molar-refractivity contribution in [2.24, 2.45) is 4.99 Å². The van der Waals surface area contributed by atoms with Crippen molar-refractivity contribution in [1.29, 1.82) is 0 Å². The lowest BCUT2D eigenvalue weighted by atomic mass is 9.91. The number of rotatable bonds is 5. The van der Waals surface area contributed by atoms with Crippen LogP contribution < -0.4 is 0 Å². The number of halogens is 1. The standard InChI is InChI=1S/C15H24ClNO/c1-6-8-15(5)12(4)13(10-18-15)9-17-14(16)11(3)7-2/h9H,6-8,10H2,1-5H3/b14-11+,17-9?. The van der Waals surface area contributed by atoms with Crippen LogP contribution >= 0.6 is 11.6 Å². The van der Waals surface area contributed by atoms with E-state index in [0.717, 1.165) is 30.4 Å². The van der Waals surface area contributed by atoms with Crippen molar-refractivity contribution in [2.75, 3.05) is 6.61 Å². The van der Waals surface area contributed by atoms with Gasteiger partial charge in [-0.3, -0.25) is 0 Å². The van der Waals surface area contributed by atoms with E-state index in [4.69, 9.17) is 16.3 Å². The summed E-state index contributed by atoms with van der Waals surface area (Å²) < 4.78 is 5.90. The van der Waals surface area contributed by atoms with Crippen LogP contribution in [0.5, 0.6) is 0 Å². The van der Waals surface area contributed by atoms with Crippen molar-refractivity contribution in [1.82, 2.24) is 0 Å². The van der Waals surface area contributed by atoms with Gasteiger partial charge in [-0.2, -0.15) is 0 Å². The summed E-state index contributed by atoms with van der Waals surface area (Å²) in [5, 5.41) is 0.599. The zero-order chi connectivity index (χ0) is 13.8. The lowest BCUT2D eigenvalue weighted by molar-refractivity contribution is 0.0260. The fourth-order valence-corrected chi connectivity index (χ4v) is 2.24.